The van der Waals surface area contributed by atoms with Gasteiger partial charge in [0.2, 0.25) is 0 Å². The van der Waals surface area contributed by atoms with E-state index in [1.165, 1.54) is 12.4 Å². The highest BCUT2D eigenvalue weighted by Crippen LogP contribution is 2.24. The number of nitrogens with zero attached hydrogens (tertiary/aromatic N) is 3. The number of rotatable bonds is 5. The van der Waals surface area contributed by atoms with E-state index in [4.69, 9.17) is 21.4 Å². The van der Waals surface area contributed by atoms with Crippen LogP contribution in [-0.4, -0.2) is 25.8 Å². The van der Waals surface area contributed by atoms with Gasteiger partial charge in [-0.3, -0.25) is 4.68 Å². The van der Waals surface area contributed by atoms with Crippen molar-refractivity contribution in [3.05, 3.63) is 47.0 Å². The summed E-state index contributed by atoms with van der Waals surface area (Å²) in [6.45, 7) is 0.228. The molecule has 2 rings (SSSR count). The van der Waals surface area contributed by atoms with Crippen molar-refractivity contribution in [3.63, 3.8) is 0 Å². The highest BCUT2D eigenvalue weighted by molar-refractivity contribution is 6.30. The monoisotopic (exact) mass is 293 g/mol. The zero-order chi connectivity index (χ0) is 14.5. The van der Waals surface area contributed by atoms with Gasteiger partial charge in [0.25, 0.3) is 0 Å². The topological polar surface area (TPSA) is 77.2 Å². The van der Waals surface area contributed by atoms with E-state index in [9.17, 15) is 4.79 Å². The molecule has 0 fully saturated rings. The molecule has 0 radical (unpaired) electrons. The lowest BCUT2D eigenvalue weighted by Gasteiger charge is -2.09. The lowest BCUT2D eigenvalue weighted by atomic mass is 10.2. The molecule has 2 aromatic rings. The number of aryl methyl sites for hydroxylation is 1. The Morgan fingerprint density at radius 3 is 3.00 bits per heavy atom. The normalized spacial score (nSPS) is 10.9. The first kappa shape index (κ1) is 14.1. The standard InChI is InChI=1S/C13H12ClN3O3/c1-17-12(15-8-16-17)7-20-11-4-3-10(14)6-9(11)2-5-13(18)19/h2-6,8H,7H2,1H3,(H,18,19). The first-order valence-corrected chi connectivity index (χ1v) is 6.10. The Hall–Kier alpha value is -2.34. The molecule has 0 amide bonds. The van der Waals surface area contributed by atoms with Crippen LogP contribution in [0.1, 0.15) is 11.4 Å². The zero-order valence-corrected chi connectivity index (χ0v) is 11.4. The smallest absolute Gasteiger partial charge is 0.328 e. The van der Waals surface area contributed by atoms with Gasteiger partial charge in [-0.25, -0.2) is 9.78 Å². The van der Waals surface area contributed by atoms with Crippen LogP contribution >= 0.6 is 11.6 Å². The van der Waals surface area contributed by atoms with Crippen LogP contribution in [0.4, 0.5) is 0 Å². The highest BCUT2D eigenvalue weighted by atomic mass is 35.5. The van der Waals surface area contributed by atoms with E-state index >= 15 is 0 Å². The van der Waals surface area contributed by atoms with Gasteiger partial charge in [-0.05, 0) is 24.3 Å². The number of halogens is 1. The lowest BCUT2D eigenvalue weighted by molar-refractivity contribution is -0.131. The second-order valence-corrected chi connectivity index (χ2v) is 4.38. The van der Waals surface area contributed by atoms with Gasteiger partial charge in [-0.15, -0.1) is 0 Å². The van der Waals surface area contributed by atoms with Crippen LogP contribution in [-0.2, 0) is 18.4 Å². The fraction of sp³-hybridized carbons (Fsp3) is 0.154. The van der Waals surface area contributed by atoms with Crippen LogP contribution in [0.25, 0.3) is 6.08 Å². The molecular weight excluding hydrogens is 282 g/mol. The van der Waals surface area contributed by atoms with Gasteiger partial charge in [-0.1, -0.05) is 11.6 Å². The molecule has 0 unspecified atom stereocenters. The number of hydrogen-bond donors (Lipinski definition) is 1. The summed E-state index contributed by atoms with van der Waals surface area (Å²) in [6.07, 6.45) is 3.90. The van der Waals surface area contributed by atoms with Crippen molar-refractivity contribution in [3.8, 4) is 5.75 Å². The Kier molecular flexibility index (Phi) is 4.37. The molecule has 1 heterocycles. The summed E-state index contributed by atoms with van der Waals surface area (Å²) in [5.74, 6) is 0.146. The number of carboxylic acids is 1. The van der Waals surface area contributed by atoms with E-state index in [1.54, 1.807) is 29.9 Å². The van der Waals surface area contributed by atoms with Gasteiger partial charge in [0.15, 0.2) is 5.82 Å². The van der Waals surface area contributed by atoms with E-state index in [-0.39, 0.29) is 6.61 Å². The van der Waals surface area contributed by atoms with E-state index in [2.05, 4.69) is 10.1 Å². The number of ether oxygens (including phenoxy) is 1. The van der Waals surface area contributed by atoms with Gasteiger partial charge in [0.05, 0.1) is 0 Å². The number of carboxylic acid groups (broad SMARTS) is 1. The highest BCUT2D eigenvalue weighted by Gasteiger charge is 2.06. The Morgan fingerprint density at radius 2 is 2.35 bits per heavy atom. The average Bonchev–Trinajstić information content (AvgIpc) is 2.81. The molecule has 0 bridgehead atoms. The Morgan fingerprint density at radius 1 is 1.55 bits per heavy atom. The second-order valence-electron chi connectivity index (χ2n) is 3.94. The molecule has 0 aliphatic carbocycles. The molecule has 0 saturated heterocycles. The molecule has 104 valence electrons. The second kappa shape index (κ2) is 6.21. The summed E-state index contributed by atoms with van der Waals surface area (Å²) < 4.78 is 7.22. The number of hydrogen-bond acceptors (Lipinski definition) is 4. The molecule has 7 heteroatoms. The largest absolute Gasteiger partial charge is 0.485 e. The first-order chi connectivity index (χ1) is 9.56. The van der Waals surface area contributed by atoms with Crippen molar-refractivity contribution in [1.82, 2.24) is 14.8 Å². The predicted octanol–water partition coefficient (Wildman–Crippen LogP) is 2.15. The van der Waals surface area contributed by atoms with Crippen LogP contribution in [0.2, 0.25) is 5.02 Å². The zero-order valence-electron chi connectivity index (χ0n) is 10.7. The van der Waals surface area contributed by atoms with E-state index in [1.807, 2.05) is 0 Å². The van der Waals surface area contributed by atoms with E-state index < -0.39 is 5.97 Å². The van der Waals surface area contributed by atoms with Crippen LogP contribution in [0.3, 0.4) is 0 Å². The molecule has 0 saturated carbocycles. The molecule has 1 aromatic heterocycles. The summed E-state index contributed by atoms with van der Waals surface area (Å²) in [5, 5.41) is 13.1. The number of carbonyl (C=O) groups is 1. The first-order valence-electron chi connectivity index (χ1n) is 5.72. The summed E-state index contributed by atoms with van der Waals surface area (Å²) in [4.78, 5) is 14.6. The molecule has 0 atom stereocenters. The molecule has 6 nitrogen and oxygen atoms in total. The number of benzene rings is 1. The quantitative estimate of drug-likeness (QED) is 0.855. The minimum absolute atomic E-state index is 0.228. The molecule has 0 aliphatic rings. The third-order valence-corrected chi connectivity index (χ3v) is 2.77. The summed E-state index contributed by atoms with van der Waals surface area (Å²) in [5.41, 5.74) is 0.585. The van der Waals surface area contributed by atoms with Crippen molar-refractivity contribution in [2.24, 2.45) is 7.05 Å². The fourth-order valence-electron chi connectivity index (χ4n) is 1.54. The SMILES string of the molecule is Cn1ncnc1COc1ccc(Cl)cc1C=CC(=O)O. The van der Waals surface area contributed by atoms with Crippen LogP contribution in [0, 0.1) is 0 Å². The van der Waals surface area contributed by atoms with Crippen molar-refractivity contribution < 1.29 is 14.6 Å². The Balaban J connectivity index is 2.18. The van der Waals surface area contributed by atoms with Crippen molar-refractivity contribution in [1.29, 1.82) is 0 Å². The van der Waals surface area contributed by atoms with Gasteiger partial charge in [0, 0.05) is 23.7 Å². The summed E-state index contributed by atoms with van der Waals surface area (Å²) in [6, 6.07) is 4.99. The third-order valence-electron chi connectivity index (χ3n) is 2.54. The third kappa shape index (κ3) is 3.58. The van der Waals surface area contributed by atoms with Crippen molar-refractivity contribution in [2.75, 3.05) is 0 Å². The molecule has 20 heavy (non-hydrogen) atoms. The van der Waals surface area contributed by atoms with E-state index in [0.29, 0.717) is 22.2 Å². The maximum Gasteiger partial charge on any atom is 0.328 e. The summed E-state index contributed by atoms with van der Waals surface area (Å²) >= 11 is 5.89. The Bertz CT molecular complexity index is 652. The van der Waals surface area contributed by atoms with Gasteiger partial charge in [0.1, 0.15) is 18.7 Å². The minimum Gasteiger partial charge on any atom is -0.485 e. The van der Waals surface area contributed by atoms with Gasteiger partial charge >= 0.3 is 5.97 Å². The number of aromatic nitrogens is 3. The fourth-order valence-corrected chi connectivity index (χ4v) is 1.72. The van der Waals surface area contributed by atoms with Crippen LogP contribution in [0.5, 0.6) is 5.75 Å². The number of aliphatic carboxylic acids is 1. The van der Waals surface area contributed by atoms with Crippen molar-refractivity contribution >= 4 is 23.6 Å². The molecular formula is C13H12ClN3O3. The van der Waals surface area contributed by atoms with Crippen molar-refractivity contribution in [2.45, 2.75) is 6.61 Å². The average molecular weight is 294 g/mol. The van der Waals surface area contributed by atoms with Gasteiger partial charge in [-0.2, -0.15) is 5.10 Å². The molecule has 0 aliphatic heterocycles. The molecule has 0 spiro atoms. The maximum atomic E-state index is 10.6. The predicted molar refractivity (Wildman–Crippen MR) is 73.5 cm³/mol. The summed E-state index contributed by atoms with van der Waals surface area (Å²) in [7, 11) is 1.76. The molecule has 1 N–H and O–H groups in total. The maximum absolute atomic E-state index is 10.6. The molecule has 1 aromatic carbocycles. The van der Waals surface area contributed by atoms with Gasteiger partial charge < -0.3 is 9.84 Å². The van der Waals surface area contributed by atoms with E-state index in [0.717, 1.165) is 6.08 Å². The lowest BCUT2D eigenvalue weighted by Crippen LogP contribution is -2.05. The Labute approximate surface area is 120 Å². The van der Waals surface area contributed by atoms with Crippen LogP contribution < -0.4 is 4.74 Å². The minimum atomic E-state index is -1.04. The van der Waals surface area contributed by atoms with Crippen LogP contribution in [0.15, 0.2) is 30.6 Å².